The van der Waals surface area contributed by atoms with Gasteiger partial charge in [0.2, 0.25) is 11.8 Å². The molecule has 0 aliphatic carbocycles. The van der Waals surface area contributed by atoms with Crippen LogP contribution < -0.4 is 10.1 Å². The lowest BCUT2D eigenvalue weighted by Crippen LogP contribution is -2.25. The third kappa shape index (κ3) is 6.09. The highest BCUT2D eigenvalue weighted by Gasteiger charge is 2.13. The molecule has 0 radical (unpaired) electrons. The van der Waals surface area contributed by atoms with Gasteiger partial charge in [-0.2, -0.15) is 0 Å². The van der Waals surface area contributed by atoms with Crippen LogP contribution in [0, 0.1) is 0 Å². The lowest BCUT2D eigenvalue weighted by Gasteiger charge is -2.19. The number of amides is 1. The highest BCUT2D eigenvalue weighted by Crippen LogP contribution is 2.25. The van der Waals surface area contributed by atoms with Gasteiger partial charge in [0.15, 0.2) is 0 Å². The highest BCUT2D eigenvalue weighted by molar-refractivity contribution is 8.00. The zero-order valence-electron chi connectivity index (χ0n) is 15.3. The Hall–Kier alpha value is -2.01. The summed E-state index contributed by atoms with van der Waals surface area (Å²) in [6.45, 7) is 9.47. The first-order chi connectivity index (χ1) is 11.9. The Morgan fingerprint density at radius 1 is 1.20 bits per heavy atom. The molecule has 1 heterocycles. The zero-order valence-corrected chi connectivity index (χ0v) is 16.2. The van der Waals surface area contributed by atoms with E-state index in [4.69, 9.17) is 4.74 Å². The van der Waals surface area contributed by atoms with E-state index in [0.29, 0.717) is 24.8 Å². The summed E-state index contributed by atoms with van der Waals surface area (Å²) in [4.78, 5) is 17.4. The number of nitrogens with one attached hydrogen (secondary N) is 1. The molecule has 0 aliphatic heterocycles. The van der Waals surface area contributed by atoms with Gasteiger partial charge in [-0.1, -0.05) is 39.0 Å². The van der Waals surface area contributed by atoms with E-state index in [1.807, 2.05) is 19.1 Å². The van der Waals surface area contributed by atoms with E-state index < -0.39 is 0 Å². The summed E-state index contributed by atoms with van der Waals surface area (Å²) in [7, 11) is 0. The minimum Gasteiger partial charge on any atom is -0.478 e. The fourth-order valence-electron chi connectivity index (χ4n) is 2.27. The Morgan fingerprint density at radius 3 is 2.56 bits per heavy atom. The van der Waals surface area contributed by atoms with Crippen LogP contribution in [0.3, 0.4) is 0 Å². The number of nitrogens with zero attached hydrogens (tertiary/aromatic N) is 1. The van der Waals surface area contributed by atoms with E-state index >= 15 is 0 Å². The Balaban J connectivity index is 1.83. The van der Waals surface area contributed by atoms with Gasteiger partial charge in [-0.15, -0.1) is 11.8 Å². The summed E-state index contributed by atoms with van der Waals surface area (Å²) in [5.74, 6) is 0.964. The van der Waals surface area contributed by atoms with Crippen LogP contribution in [0.5, 0.6) is 5.88 Å². The van der Waals surface area contributed by atoms with Gasteiger partial charge in [-0.3, -0.25) is 4.79 Å². The summed E-state index contributed by atoms with van der Waals surface area (Å²) in [6.07, 6.45) is 1.69. The second kappa shape index (κ2) is 8.90. The molecule has 25 heavy (non-hydrogen) atoms. The van der Waals surface area contributed by atoms with Crippen LogP contribution in [0.15, 0.2) is 47.5 Å². The van der Waals surface area contributed by atoms with Crippen LogP contribution in [-0.4, -0.2) is 23.3 Å². The maximum absolute atomic E-state index is 12.1. The number of carbonyl (C=O) groups excluding carboxylic acids is 1. The molecule has 0 unspecified atom stereocenters. The third-order valence-electron chi connectivity index (χ3n) is 3.70. The Labute approximate surface area is 154 Å². The van der Waals surface area contributed by atoms with Crippen molar-refractivity contribution in [1.29, 1.82) is 0 Å². The lowest BCUT2D eigenvalue weighted by molar-refractivity contribution is -0.118. The molecule has 0 bridgehead atoms. The largest absolute Gasteiger partial charge is 0.478 e. The number of hydrogen-bond donors (Lipinski definition) is 1. The predicted octanol–water partition coefficient (Wildman–Crippen LogP) is 4.19. The lowest BCUT2D eigenvalue weighted by atomic mass is 9.87. The fourth-order valence-corrected chi connectivity index (χ4v) is 3.00. The van der Waals surface area contributed by atoms with Crippen LogP contribution in [-0.2, 0) is 16.8 Å². The van der Waals surface area contributed by atoms with Gasteiger partial charge in [0.05, 0.1) is 12.4 Å². The monoisotopic (exact) mass is 358 g/mol. The topological polar surface area (TPSA) is 51.2 Å². The van der Waals surface area contributed by atoms with E-state index in [2.05, 4.69) is 55.3 Å². The maximum atomic E-state index is 12.1. The molecule has 1 aromatic heterocycles. The van der Waals surface area contributed by atoms with Crippen LogP contribution in [0.2, 0.25) is 0 Å². The molecule has 0 spiro atoms. The molecular formula is C20H26N2O2S. The van der Waals surface area contributed by atoms with E-state index in [1.165, 1.54) is 17.3 Å². The van der Waals surface area contributed by atoms with Crippen molar-refractivity contribution in [2.24, 2.45) is 0 Å². The Kier molecular flexibility index (Phi) is 6.88. The number of pyridine rings is 1. The molecule has 0 saturated carbocycles. The van der Waals surface area contributed by atoms with Gasteiger partial charge in [-0.25, -0.2) is 4.98 Å². The third-order valence-corrected chi connectivity index (χ3v) is 4.71. The first kappa shape index (κ1) is 19.3. The number of rotatable bonds is 7. The minimum absolute atomic E-state index is 0.00352. The quantitative estimate of drug-likeness (QED) is 0.754. The Bertz CT molecular complexity index is 694. The molecule has 134 valence electrons. The van der Waals surface area contributed by atoms with E-state index in [0.717, 1.165) is 10.5 Å². The minimum atomic E-state index is -0.00352. The number of hydrogen-bond acceptors (Lipinski definition) is 4. The van der Waals surface area contributed by atoms with Gasteiger partial charge in [0, 0.05) is 23.2 Å². The van der Waals surface area contributed by atoms with Gasteiger partial charge in [0.1, 0.15) is 0 Å². The number of carbonyl (C=O) groups is 1. The number of benzene rings is 1. The standard InChI is InChI=1S/C20H26N2O2S/c1-5-24-19-15(7-6-12-21-19)13-22-18(23)14-25-17-10-8-16(9-11-17)20(2,3)4/h6-12H,5,13-14H2,1-4H3,(H,22,23). The van der Waals surface area contributed by atoms with Crippen molar-refractivity contribution in [1.82, 2.24) is 10.3 Å². The molecule has 1 amide bonds. The number of ether oxygens (including phenoxy) is 1. The van der Waals surface area contributed by atoms with Crippen molar-refractivity contribution in [2.75, 3.05) is 12.4 Å². The SMILES string of the molecule is CCOc1ncccc1CNC(=O)CSc1ccc(C(C)(C)C)cc1. The van der Waals surface area contributed by atoms with Gasteiger partial charge in [-0.05, 0) is 36.1 Å². The summed E-state index contributed by atoms with van der Waals surface area (Å²) in [5.41, 5.74) is 2.32. The molecule has 0 fully saturated rings. The second-order valence-corrected chi connectivity index (χ2v) is 7.79. The van der Waals surface area contributed by atoms with Crippen molar-refractivity contribution < 1.29 is 9.53 Å². The summed E-state index contributed by atoms with van der Waals surface area (Å²) >= 11 is 1.54. The van der Waals surface area contributed by atoms with Gasteiger partial charge >= 0.3 is 0 Å². The summed E-state index contributed by atoms with van der Waals surface area (Å²) in [6, 6.07) is 12.2. The molecule has 2 rings (SSSR count). The van der Waals surface area contributed by atoms with Crippen molar-refractivity contribution in [3.8, 4) is 5.88 Å². The number of aromatic nitrogens is 1. The normalized spacial score (nSPS) is 11.2. The Morgan fingerprint density at radius 2 is 1.92 bits per heavy atom. The molecule has 4 nitrogen and oxygen atoms in total. The first-order valence-corrected chi connectivity index (χ1v) is 9.45. The maximum Gasteiger partial charge on any atom is 0.230 e. The summed E-state index contributed by atoms with van der Waals surface area (Å²) < 4.78 is 5.47. The van der Waals surface area contributed by atoms with Crippen LogP contribution in [0.1, 0.15) is 38.8 Å². The van der Waals surface area contributed by atoms with E-state index in [1.54, 1.807) is 6.20 Å². The number of thioether (sulfide) groups is 1. The average Bonchev–Trinajstić information content (AvgIpc) is 2.59. The second-order valence-electron chi connectivity index (χ2n) is 6.74. The zero-order chi connectivity index (χ0) is 18.3. The molecule has 1 aromatic carbocycles. The molecule has 0 aliphatic rings. The fraction of sp³-hybridized carbons (Fsp3) is 0.400. The van der Waals surface area contributed by atoms with Crippen molar-refractivity contribution in [2.45, 2.75) is 44.6 Å². The molecule has 5 heteroatoms. The van der Waals surface area contributed by atoms with Crippen molar-refractivity contribution in [3.05, 3.63) is 53.7 Å². The smallest absolute Gasteiger partial charge is 0.230 e. The summed E-state index contributed by atoms with van der Waals surface area (Å²) in [5, 5.41) is 2.92. The van der Waals surface area contributed by atoms with Gasteiger partial charge in [0.25, 0.3) is 0 Å². The van der Waals surface area contributed by atoms with E-state index in [-0.39, 0.29) is 11.3 Å². The van der Waals surface area contributed by atoms with Crippen molar-refractivity contribution in [3.63, 3.8) is 0 Å². The van der Waals surface area contributed by atoms with E-state index in [9.17, 15) is 4.79 Å². The highest BCUT2D eigenvalue weighted by atomic mass is 32.2. The first-order valence-electron chi connectivity index (χ1n) is 8.47. The molecule has 0 saturated heterocycles. The van der Waals surface area contributed by atoms with Crippen LogP contribution in [0.4, 0.5) is 0 Å². The molecular weight excluding hydrogens is 332 g/mol. The average molecular weight is 359 g/mol. The molecule has 0 atom stereocenters. The van der Waals surface area contributed by atoms with Crippen LogP contribution >= 0.6 is 11.8 Å². The predicted molar refractivity (Wildman–Crippen MR) is 103 cm³/mol. The molecule has 2 aromatic rings. The molecule has 1 N–H and O–H groups in total. The van der Waals surface area contributed by atoms with Gasteiger partial charge < -0.3 is 10.1 Å². The van der Waals surface area contributed by atoms with Crippen molar-refractivity contribution >= 4 is 17.7 Å². The van der Waals surface area contributed by atoms with Crippen LogP contribution in [0.25, 0.3) is 0 Å².